The van der Waals surface area contributed by atoms with Crippen LogP contribution in [-0.4, -0.2) is 4.57 Å². The van der Waals surface area contributed by atoms with Crippen LogP contribution in [0, 0.1) is 5.92 Å². The molecule has 8 aromatic carbocycles. The van der Waals surface area contributed by atoms with E-state index in [9.17, 15) is 0 Å². The number of allylic oxidation sites excluding steroid dienone is 6. The average Bonchev–Trinajstić information content (AvgIpc) is 3.49. The van der Waals surface area contributed by atoms with E-state index in [1.807, 2.05) is 0 Å². The number of rotatable bonds is 4. The molecule has 2 aliphatic rings. The van der Waals surface area contributed by atoms with E-state index in [-0.39, 0.29) is 0 Å². The lowest BCUT2D eigenvalue weighted by Gasteiger charge is -2.34. The van der Waals surface area contributed by atoms with Crippen LogP contribution in [0.5, 0.6) is 0 Å². The molecule has 0 amide bonds. The molecule has 1 unspecified atom stereocenters. The van der Waals surface area contributed by atoms with Crippen molar-refractivity contribution >= 4 is 54.1 Å². The molecule has 0 aliphatic heterocycles. The molecule has 0 saturated heterocycles. The van der Waals surface area contributed by atoms with Gasteiger partial charge in [-0.15, -0.1) is 0 Å². The zero-order valence-corrected chi connectivity index (χ0v) is 32.1. The van der Waals surface area contributed by atoms with Crippen LogP contribution in [-0.2, 0) is 0 Å². The maximum Gasteiger partial charge on any atom is 0.0541 e. The van der Waals surface area contributed by atoms with Gasteiger partial charge in [0.25, 0.3) is 0 Å². The van der Waals surface area contributed by atoms with Crippen molar-refractivity contribution in [1.82, 2.24) is 4.57 Å². The molecule has 2 aliphatic carbocycles. The fourth-order valence-electron chi connectivity index (χ4n) is 9.92. The van der Waals surface area contributed by atoms with Crippen molar-refractivity contribution in [2.45, 2.75) is 39.0 Å². The Kier molecular flexibility index (Phi) is 7.54. The second-order valence-corrected chi connectivity index (χ2v) is 16.2. The predicted octanol–water partition coefficient (Wildman–Crippen LogP) is 15.2. The molecule has 0 radical (unpaired) electrons. The van der Waals surface area contributed by atoms with Gasteiger partial charge in [-0.1, -0.05) is 165 Å². The van der Waals surface area contributed by atoms with Crippen LogP contribution in [0.15, 0.2) is 187 Å². The summed E-state index contributed by atoms with van der Waals surface area (Å²) in [5.74, 6) is 1.26. The molecule has 9 aromatic rings. The highest BCUT2D eigenvalue weighted by molar-refractivity contribution is 6.25. The lowest BCUT2D eigenvalue weighted by molar-refractivity contribution is 0.568. The Labute approximate surface area is 328 Å². The average molecular weight is 718 g/mol. The smallest absolute Gasteiger partial charge is 0.0541 e. The van der Waals surface area contributed by atoms with E-state index < -0.39 is 0 Å². The highest BCUT2D eigenvalue weighted by Gasteiger charge is 2.31. The van der Waals surface area contributed by atoms with Crippen LogP contribution in [0.4, 0.5) is 0 Å². The Bertz CT molecular complexity index is 3130. The van der Waals surface area contributed by atoms with Crippen LogP contribution in [0.1, 0.15) is 50.2 Å². The van der Waals surface area contributed by atoms with E-state index >= 15 is 0 Å². The Hall–Kier alpha value is -6.44. The minimum Gasteiger partial charge on any atom is -0.309 e. The van der Waals surface area contributed by atoms with Gasteiger partial charge in [0.05, 0.1) is 11.0 Å². The molecule has 1 heteroatoms. The largest absolute Gasteiger partial charge is 0.309 e. The molecular weight excluding hydrogens is 675 g/mol. The summed E-state index contributed by atoms with van der Waals surface area (Å²) in [6.07, 6.45) is 10.4. The first-order chi connectivity index (χ1) is 27.5. The van der Waals surface area contributed by atoms with Crippen LogP contribution >= 0.6 is 0 Å². The first-order valence-electron chi connectivity index (χ1n) is 20.2. The van der Waals surface area contributed by atoms with Crippen molar-refractivity contribution in [1.29, 1.82) is 0 Å². The highest BCUT2D eigenvalue weighted by atomic mass is 15.0. The second-order valence-electron chi connectivity index (χ2n) is 16.2. The van der Waals surface area contributed by atoms with Gasteiger partial charge < -0.3 is 4.57 Å². The Morgan fingerprint density at radius 3 is 1.88 bits per heavy atom. The first-order valence-corrected chi connectivity index (χ1v) is 20.2. The lowest BCUT2D eigenvalue weighted by Crippen LogP contribution is -2.16. The minimum absolute atomic E-state index is 0.381. The summed E-state index contributed by atoms with van der Waals surface area (Å²) in [6.45, 7) is 6.98. The molecule has 0 N–H and O–H groups in total. The summed E-state index contributed by atoms with van der Waals surface area (Å²) in [5, 5.41) is 10.3. The third-order valence-corrected chi connectivity index (χ3v) is 13.1. The lowest BCUT2D eigenvalue weighted by atomic mass is 9.69. The van der Waals surface area contributed by atoms with Crippen LogP contribution < -0.4 is 0 Å². The Morgan fingerprint density at radius 1 is 0.482 bits per heavy atom. The summed E-state index contributed by atoms with van der Waals surface area (Å²) in [6, 6.07) is 57.0. The molecule has 56 heavy (non-hydrogen) atoms. The zero-order valence-electron chi connectivity index (χ0n) is 32.1. The van der Waals surface area contributed by atoms with Crippen molar-refractivity contribution in [3.63, 3.8) is 0 Å². The van der Waals surface area contributed by atoms with E-state index in [0.717, 1.165) is 6.42 Å². The van der Waals surface area contributed by atoms with Crippen molar-refractivity contribution in [2.75, 3.05) is 0 Å². The molecule has 0 fully saturated rings. The van der Waals surface area contributed by atoms with Crippen LogP contribution in [0.25, 0.3) is 82.1 Å². The third-order valence-electron chi connectivity index (χ3n) is 13.1. The normalized spacial score (nSPS) is 17.9. The molecule has 11 rings (SSSR count). The summed E-state index contributed by atoms with van der Waals surface area (Å²) < 4.78 is 2.46. The van der Waals surface area contributed by atoms with Crippen molar-refractivity contribution < 1.29 is 0 Å². The van der Waals surface area contributed by atoms with Gasteiger partial charge in [-0.3, -0.25) is 0 Å². The van der Waals surface area contributed by atoms with E-state index in [4.69, 9.17) is 0 Å². The molecule has 1 heterocycles. The zero-order chi connectivity index (χ0) is 37.5. The molecule has 0 saturated carbocycles. The predicted molar refractivity (Wildman–Crippen MR) is 240 cm³/mol. The van der Waals surface area contributed by atoms with Gasteiger partial charge in [0.15, 0.2) is 0 Å². The second kappa shape index (κ2) is 12.8. The molecule has 0 spiro atoms. The van der Waals surface area contributed by atoms with Crippen molar-refractivity contribution in [3.05, 3.63) is 198 Å². The summed E-state index contributed by atoms with van der Waals surface area (Å²) in [5.41, 5.74) is 14.7. The van der Waals surface area contributed by atoms with E-state index in [2.05, 4.69) is 201 Å². The number of fused-ring (bicyclic) bond motifs is 12. The molecule has 0 bridgehead atoms. The number of para-hydroxylation sites is 1. The van der Waals surface area contributed by atoms with Gasteiger partial charge >= 0.3 is 0 Å². The Balaban J connectivity index is 1.03. The monoisotopic (exact) mass is 717 g/mol. The van der Waals surface area contributed by atoms with Crippen LogP contribution in [0.2, 0.25) is 0 Å². The molecule has 3 atom stereocenters. The fraction of sp³-hybridized carbons (Fsp3) is 0.127. The van der Waals surface area contributed by atoms with Gasteiger partial charge in [0, 0.05) is 16.5 Å². The van der Waals surface area contributed by atoms with E-state index in [1.165, 1.54) is 104 Å². The van der Waals surface area contributed by atoms with Gasteiger partial charge in [-0.05, 0) is 133 Å². The first kappa shape index (κ1) is 32.9. The van der Waals surface area contributed by atoms with Crippen LogP contribution in [0.3, 0.4) is 0 Å². The van der Waals surface area contributed by atoms with E-state index in [0.29, 0.717) is 17.8 Å². The summed E-state index contributed by atoms with van der Waals surface area (Å²) in [4.78, 5) is 0. The van der Waals surface area contributed by atoms with Crippen molar-refractivity contribution in [3.8, 4) is 27.9 Å². The van der Waals surface area contributed by atoms with Gasteiger partial charge in [0.2, 0.25) is 0 Å². The maximum atomic E-state index is 2.49. The molecule has 1 nitrogen and oxygen atoms in total. The number of nitrogens with zero attached hydrogens (tertiary/aromatic N) is 1. The van der Waals surface area contributed by atoms with Gasteiger partial charge in [-0.25, -0.2) is 0 Å². The number of aromatic nitrogens is 1. The van der Waals surface area contributed by atoms with E-state index in [1.54, 1.807) is 0 Å². The van der Waals surface area contributed by atoms with Gasteiger partial charge in [-0.2, -0.15) is 0 Å². The Morgan fingerprint density at radius 2 is 1.09 bits per heavy atom. The summed E-state index contributed by atoms with van der Waals surface area (Å²) in [7, 11) is 0. The SMILES string of the molecule is CC1=CC=C(CC2c3ccccc3-c3ccc(-c4ccc5c(c4)c4ccccc4n5-c4ccc5c6ccccc6c6ccccc6c5c4)cc3[C@@H]2C)C=C[C@@H]1C. The number of hydrogen-bond donors (Lipinski definition) is 0. The maximum absolute atomic E-state index is 2.49. The van der Waals surface area contributed by atoms with Gasteiger partial charge in [0.1, 0.15) is 0 Å². The third kappa shape index (κ3) is 5.07. The summed E-state index contributed by atoms with van der Waals surface area (Å²) >= 11 is 0. The quantitative estimate of drug-likeness (QED) is 0.160. The molecule has 268 valence electrons. The highest BCUT2D eigenvalue weighted by Crippen LogP contribution is 2.50. The van der Waals surface area contributed by atoms with Crippen molar-refractivity contribution in [2.24, 2.45) is 5.92 Å². The number of hydrogen-bond acceptors (Lipinski definition) is 0. The minimum atomic E-state index is 0.381. The fourth-order valence-corrected chi connectivity index (χ4v) is 9.92. The number of benzene rings is 8. The molecular formula is C55H43N. The topological polar surface area (TPSA) is 4.93 Å². The molecule has 1 aromatic heterocycles. The standard InChI is InChI=1S/C55H43N/c1-34-20-22-37(23-21-35(34)2)30-50-36(3)51-31-38(24-27-47(51)44-15-6-8-16-45(44)50)39-25-29-55-53(32-39)49-18-10-11-19-54(49)56(55)40-26-28-48-43-14-5-4-12-41(43)42-13-7-9-17-46(42)52(48)33-40/h4-29,31-34,36,50H,30H2,1-3H3/t34-,36+,50?/m0/s1.